The van der Waals surface area contributed by atoms with E-state index in [-0.39, 0.29) is 76.3 Å². The van der Waals surface area contributed by atoms with Gasteiger partial charge in [0.25, 0.3) is 0 Å². The van der Waals surface area contributed by atoms with E-state index < -0.39 is 12.2 Å². The topological polar surface area (TPSA) is 189 Å². The number of hydrogen-bond donors (Lipinski definition) is 7. The van der Waals surface area contributed by atoms with Crippen molar-refractivity contribution in [2.24, 2.45) is 0 Å². The predicted octanol–water partition coefficient (Wildman–Crippen LogP) is 5.01. The van der Waals surface area contributed by atoms with Crippen LogP contribution in [0, 0.1) is 0 Å². The Morgan fingerprint density at radius 2 is 0.930 bits per heavy atom. The second-order valence-corrected chi connectivity index (χ2v) is 8.96. The summed E-state index contributed by atoms with van der Waals surface area (Å²) >= 11 is 0. The van der Waals surface area contributed by atoms with Gasteiger partial charge in [-0.2, -0.15) is 0 Å². The van der Waals surface area contributed by atoms with Crippen LogP contribution in [0.25, 0.3) is 11.5 Å². The van der Waals surface area contributed by atoms with Gasteiger partial charge in [0.05, 0.1) is 11.1 Å². The molecule has 1 radical (unpaired) electrons. The molecule has 4 aromatic rings. The molecule has 7 N–H and O–H groups in total. The van der Waals surface area contributed by atoms with Crippen molar-refractivity contribution >= 4 is 11.5 Å². The fourth-order valence-corrected chi connectivity index (χ4v) is 4.23. The molecule has 43 heavy (non-hydrogen) atoms. The van der Waals surface area contributed by atoms with Crippen molar-refractivity contribution in [2.45, 2.75) is 19.1 Å². The minimum Gasteiger partial charge on any atom is -2.00 e. The average molecular weight is 626 g/mol. The Labute approximate surface area is 259 Å². The maximum atomic E-state index is 10.1. The number of benzene rings is 4. The van der Waals surface area contributed by atoms with Crippen LogP contribution in [0.15, 0.2) is 97.1 Å². The molecular formula is C32H30O10V+2. The van der Waals surface area contributed by atoms with Gasteiger partial charge in [0.15, 0.2) is 0 Å². The van der Waals surface area contributed by atoms with Gasteiger partial charge in [-0.15, -0.1) is 0 Å². The fourth-order valence-electron chi connectivity index (χ4n) is 4.23. The first-order chi connectivity index (χ1) is 19.7. The molecule has 2 heterocycles. The second-order valence-electron chi connectivity index (χ2n) is 8.96. The maximum Gasteiger partial charge on any atom is 4.00 e. The van der Waals surface area contributed by atoms with E-state index in [0.717, 1.165) is 11.1 Å². The van der Waals surface area contributed by atoms with Crippen LogP contribution >= 0.6 is 0 Å². The van der Waals surface area contributed by atoms with Crippen molar-refractivity contribution in [3.8, 4) is 34.5 Å². The Morgan fingerprint density at radius 3 is 1.26 bits per heavy atom. The summed E-state index contributed by atoms with van der Waals surface area (Å²) in [4.78, 5) is 0. The molecule has 0 aliphatic carbocycles. The molecule has 0 aromatic heterocycles. The van der Waals surface area contributed by atoms with Gasteiger partial charge in [-0.05, 0) is 19.1 Å². The first kappa shape index (κ1) is 34.8. The number of phenolic OH excluding ortho intramolecular Hbond substituents is 4. The molecule has 2 unspecified atom stereocenters. The molecule has 0 bridgehead atoms. The van der Waals surface area contributed by atoms with Crippen LogP contribution in [-0.4, -0.2) is 42.4 Å². The molecule has 2 aliphatic rings. The smallest absolute Gasteiger partial charge is 2.00 e. The first-order valence-corrected chi connectivity index (χ1v) is 12.7. The molecule has 2 atom stereocenters. The van der Waals surface area contributed by atoms with Crippen molar-refractivity contribution in [3.63, 3.8) is 0 Å². The summed E-state index contributed by atoms with van der Waals surface area (Å²) in [6.45, 7) is 1.93. The zero-order valence-corrected chi connectivity index (χ0v) is 24.3. The largest absolute Gasteiger partial charge is 4.00 e. The van der Waals surface area contributed by atoms with Crippen molar-refractivity contribution in [1.29, 1.82) is 0 Å². The quantitative estimate of drug-likeness (QED) is 0.161. The monoisotopic (exact) mass is 625 g/mol. The number of ether oxygens (including phenoxy) is 2. The van der Waals surface area contributed by atoms with E-state index in [9.17, 15) is 30.6 Å². The third-order valence-corrected chi connectivity index (χ3v) is 5.98. The molecule has 11 heteroatoms. The summed E-state index contributed by atoms with van der Waals surface area (Å²) in [6.07, 6.45) is 1.10. The molecular weight excluding hydrogens is 595 g/mol. The summed E-state index contributed by atoms with van der Waals surface area (Å²) in [5.41, 5.74) is 2.15. The summed E-state index contributed by atoms with van der Waals surface area (Å²) < 4.78 is 11.3. The molecule has 0 saturated heterocycles. The molecule has 6 rings (SSSR count). The average Bonchev–Trinajstić information content (AvgIpc) is 2.93. The SMILES string of the molecule is CCO.Oc1cc(O)c2c(c1)OC(c1ccccc1)=CC2O.Oc1cc(O)c2c(c1)OC(c1ccccc1)=CC2O.[O-2].[V+4]. The minimum atomic E-state index is -0.973. The number of aromatic hydroxyl groups is 4. The van der Waals surface area contributed by atoms with Gasteiger partial charge in [-0.1, -0.05) is 60.7 Å². The van der Waals surface area contributed by atoms with E-state index in [1.54, 1.807) is 6.92 Å². The van der Waals surface area contributed by atoms with E-state index in [4.69, 9.17) is 14.6 Å². The number of phenols is 4. The number of rotatable bonds is 2. The van der Waals surface area contributed by atoms with Gasteiger partial charge in [-0.25, -0.2) is 0 Å². The number of fused-ring (bicyclic) bond motifs is 2. The molecule has 0 spiro atoms. The van der Waals surface area contributed by atoms with Gasteiger partial charge >= 0.3 is 18.6 Å². The summed E-state index contributed by atoms with van der Waals surface area (Å²) in [5, 5.41) is 66.1. The molecule has 0 fully saturated rings. The number of aliphatic hydroxyl groups is 3. The summed E-state index contributed by atoms with van der Waals surface area (Å²) in [7, 11) is 0. The third kappa shape index (κ3) is 8.33. The van der Waals surface area contributed by atoms with E-state index in [2.05, 4.69) is 0 Å². The molecule has 2 aliphatic heterocycles. The molecule has 221 valence electrons. The van der Waals surface area contributed by atoms with E-state index in [0.29, 0.717) is 11.5 Å². The van der Waals surface area contributed by atoms with E-state index in [1.165, 1.54) is 36.4 Å². The van der Waals surface area contributed by atoms with Crippen LogP contribution in [0.5, 0.6) is 34.5 Å². The zero-order chi connectivity index (χ0) is 29.5. The predicted molar refractivity (Wildman–Crippen MR) is 153 cm³/mol. The van der Waals surface area contributed by atoms with Gasteiger partial charge in [-0.3, -0.25) is 0 Å². The second kappa shape index (κ2) is 15.7. The number of aliphatic hydroxyl groups excluding tert-OH is 3. The summed E-state index contributed by atoms with van der Waals surface area (Å²) in [6, 6.07) is 23.7. The van der Waals surface area contributed by atoms with Gasteiger partial charge in [0, 0.05) is 42.0 Å². The Morgan fingerprint density at radius 1 is 0.605 bits per heavy atom. The molecule has 0 saturated carbocycles. The Hall–Kier alpha value is -4.42. The van der Waals surface area contributed by atoms with Crippen LogP contribution in [0.3, 0.4) is 0 Å². The molecule has 0 amide bonds. The van der Waals surface area contributed by atoms with Crippen molar-refractivity contribution < 1.29 is 69.3 Å². The number of hydrogen-bond acceptors (Lipinski definition) is 9. The van der Waals surface area contributed by atoms with Crippen LogP contribution in [0.2, 0.25) is 0 Å². The normalized spacial score (nSPS) is 15.7. The minimum absolute atomic E-state index is 0. The van der Waals surface area contributed by atoms with Gasteiger partial charge in [0.1, 0.15) is 58.2 Å². The fraction of sp³-hybridized carbons (Fsp3) is 0.125. The van der Waals surface area contributed by atoms with Crippen molar-refractivity contribution in [1.82, 2.24) is 0 Å². The standard InChI is InChI=1S/2C15H12O4.C2H6O.O.V/c2*16-10-6-11(17)15-12(18)8-13(19-14(15)7-10)9-4-2-1-3-5-9;1-2-3;;/h2*1-8,12,16-18H;3H,2H2,1H3;;/q;;;-2;+4. The molecule has 10 nitrogen and oxygen atoms in total. The van der Waals surface area contributed by atoms with Crippen LogP contribution < -0.4 is 9.47 Å². The Bertz CT molecular complexity index is 1440. The van der Waals surface area contributed by atoms with E-state index in [1.807, 2.05) is 60.7 Å². The third-order valence-electron chi connectivity index (χ3n) is 5.98. The van der Waals surface area contributed by atoms with Crippen molar-refractivity contribution in [3.05, 3.63) is 119 Å². The molecule has 4 aromatic carbocycles. The first-order valence-electron chi connectivity index (χ1n) is 12.7. The van der Waals surface area contributed by atoms with Crippen LogP contribution in [-0.2, 0) is 24.0 Å². The zero-order valence-electron chi connectivity index (χ0n) is 22.9. The summed E-state index contributed by atoms with van der Waals surface area (Å²) in [5.74, 6) is 0.890. The Balaban J connectivity index is 0.000000264. The maximum absolute atomic E-state index is 10.1. The van der Waals surface area contributed by atoms with Gasteiger partial charge in [0.2, 0.25) is 0 Å². The van der Waals surface area contributed by atoms with E-state index >= 15 is 0 Å². The Kier molecular flexibility index (Phi) is 12.7. The van der Waals surface area contributed by atoms with Gasteiger partial charge < -0.3 is 50.7 Å². The van der Waals surface area contributed by atoms with Crippen LogP contribution in [0.1, 0.15) is 41.4 Å². The van der Waals surface area contributed by atoms with Crippen molar-refractivity contribution in [2.75, 3.05) is 6.61 Å². The van der Waals surface area contributed by atoms with Crippen LogP contribution in [0.4, 0.5) is 0 Å².